The predicted molar refractivity (Wildman–Crippen MR) is 238 cm³/mol. The fourth-order valence-corrected chi connectivity index (χ4v) is 9.75. The number of fused-ring (bicyclic) bond motifs is 9. The maximum atomic E-state index is 6.85. The summed E-state index contributed by atoms with van der Waals surface area (Å²) in [5.41, 5.74) is 10.5. The van der Waals surface area contributed by atoms with Gasteiger partial charge in [0, 0.05) is 52.8 Å². The van der Waals surface area contributed by atoms with Gasteiger partial charge >= 0.3 is 0 Å². The lowest BCUT2D eigenvalue weighted by Crippen LogP contribution is -2.33. The Kier molecular flexibility index (Phi) is 7.09. The molecular formula is C51H32N4OS. The van der Waals surface area contributed by atoms with E-state index in [2.05, 4.69) is 168 Å². The van der Waals surface area contributed by atoms with Crippen LogP contribution < -0.4 is 5.32 Å². The van der Waals surface area contributed by atoms with Crippen molar-refractivity contribution >= 4 is 86.9 Å². The Morgan fingerprint density at radius 2 is 1.21 bits per heavy atom. The minimum Gasteiger partial charge on any atom is -0.454 e. The topological polar surface area (TPSA) is 54.8 Å². The van der Waals surface area contributed by atoms with Gasteiger partial charge in [0.25, 0.3) is 0 Å². The molecule has 1 atom stereocenters. The molecule has 3 aromatic heterocycles. The Morgan fingerprint density at radius 1 is 0.526 bits per heavy atom. The van der Waals surface area contributed by atoms with Crippen molar-refractivity contribution in [1.82, 2.24) is 9.88 Å². The van der Waals surface area contributed by atoms with Gasteiger partial charge in [-0.05, 0) is 65.2 Å². The third-order valence-corrected chi connectivity index (χ3v) is 12.4. The molecule has 5 nitrogen and oxygen atoms in total. The summed E-state index contributed by atoms with van der Waals surface area (Å²) >= 11 is 1.81. The Hall–Kier alpha value is -7.28. The molecule has 1 aliphatic heterocycles. The Morgan fingerprint density at radius 3 is 2.02 bits per heavy atom. The highest BCUT2D eigenvalue weighted by molar-refractivity contribution is 7.25. The molecule has 0 spiro atoms. The molecule has 0 saturated carbocycles. The van der Waals surface area contributed by atoms with Crippen LogP contribution in [0.2, 0.25) is 0 Å². The normalized spacial score (nSPS) is 14.5. The van der Waals surface area contributed by atoms with E-state index in [1.165, 1.54) is 30.9 Å². The number of furan rings is 1. The lowest BCUT2D eigenvalue weighted by Gasteiger charge is -2.24. The number of rotatable bonds is 5. The number of hydrogen-bond donors (Lipinski definition) is 1. The van der Waals surface area contributed by atoms with E-state index in [4.69, 9.17) is 14.4 Å². The molecule has 6 heteroatoms. The zero-order valence-corrected chi connectivity index (χ0v) is 31.4. The number of hydrogen-bond acceptors (Lipinski definition) is 5. The van der Waals surface area contributed by atoms with E-state index in [9.17, 15) is 0 Å². The molecule has 0 saturated heterocycles. The van der Waals surface area contributed by atoms with Crippen molar-refractivity contribution in [2.75, 3.05) is 0 Å². The number of benzene rings is 8. The summed E-state index contributed by atoms with van der Waals surface area (Å²) in [5.74, 6) is 1.53. The average molecular weight is 749 g/mol. The third kappa shape index (κ3) is 5.08. The monoisotopic (exact) mass is 748 g/mol. The zero-order valence-electron chi connectivity index (χ0n) is 30.6. The van der Waals surface area contributed by atoms with Crippen molar-refractivity contribution in [3.05, 3.63) is 199 Å². The van der Waals surface area contributed by atoms with Gasteiger partial charge in [-0.25, -0.2) is 9.98 Å². The number of nitrogens with one attached hydrogen (secondary N) is 1. The van der Waals surface area contributed by atoms with Gasteiger partial charge in [-0.2, -0.15) is 0 Å². The molecule has 0 amide bonds. The predicted octanol–water partition coefficient (Wildman–Crippen LogP) is 13.2. The van der Waals surface area contributed by atoms with E-state index >= 15 is 0 Å². The van der Waals surface area contributed by atoms with Gasteiger partial charge in [0.15, 0.2) is 11.4 Å². The van der Waals surface area contributed by atoms with Gasteiger partial charge in [-0.3, -0.25) is 0 Å². The number of para-hydroxylation sites is 3. The zero-order chi connectivity index (χ0) is 37.5. The standard InChI is InChI=1S/C51H32N4OS/c1-3-13-31(14-4-1)49-52-50(32-15-5-2-6-16-32)54-51(53-49)39-20-12-24-46-47(39)40-29-33(26-28-45(40)57-46)34-25-27-37-38-19-11-23-43(48(38)56-44(37)30-34)55-41-21-9-7-17-35(41)36-18-8-10-22-42(36)55/h1-30,49H,(H,52,53,54). The second-order valence-electron chi connectivity index (χ2n) is 14.6. The van der Waals surface area contributed by atoms with Crippen LogP contribution in [0.15, 0.2) is 196 Å². The van der Waals surface area contributed by atoms with E-state index in [1.54, 1.807) is 0 Å². The van der Waals surface area contributed by atoms with Gasteiger partial charge in [0.1, 0.15) is 17.6 Å². The van der Waals surface area contributed by atoms with Crippen LogP contribution in [-0.4, -0.2) is 16.2 Å². The Balaban J connectivity index is 0.991. The van der Waals surface area contributed by atoms with Crippen LogP contribution in [-0.2, 0) is 0 Å². The van der Waals surface area contributed by atoms with Crippen LogP contribution in [0.1, 0.15) is 22.9 Å². The quantitative estimate of drug-likeness (QED) is 0.191. The summed E-state index contributed by atoms with van der Waals surface area (Å²) in [4.78, 5) is 10.3. The van der Waals surface area contributed by atoms with E-state index in [0.29, 0.717) is 0 Å². The highest BCUT2D eigenvalue weighted by atomic mass is 32.1. The molecule has 0 aliphatic carbocycles. The number of thiophene rings is 1. The second kappa shape index (κ2) is 12.6. The number of aromatic nitrogens is 1. The highest BCUT2D eigenvalue weighted by Crippen LogP contribution is 2.42. The van der Waals surface area contributed by atoms with Crippen molar-refractivity contribution in [1.29, 1.82) is 0 Å². The van der Waals surface area contributed by atoms with Gasteiger partial charge in [-0.15, -0.1) is 11.3 Å². The molecule has 1 unspecified atom stereocenters. The molecular weight excluding hydrogens is 717 g/mol. The molecule has 12 rings (SSSR count). The lowest BCUT2D eigenvalue weighted by molar-refractivity contribution is 0.666. The summed E-state index contributed by atoms with van der Waals surface area (Å²) in [6.07, 6.45) is -0.268. The number of nitrogens with zero attached hydrogens (tertiary/aromatic N) is 3. The largest absolute Gasteiger partial charge is 0.454 e. The van der Waals surface area contributed by atoms with Gasteiger partial charge in [0.05, 0.1) is 16.7 Å². The first-order chi connectivity index (χ1) is 28.2. The van der Waals surface area contributed by atoms with Crippen molar-refractivity contribution in [2.24, 2.45) is 9.98 Å². The third-order valence-electron chi connectivity index (χ3n) is 11.3. The van der Waals surface area contributed by atoms with E-state index in [-0.39, 0.29) is 6.17 Å². The first-order valence-electron chi connectivity index (χ1n) is 19.2. The summed E-state index contributed by atoms with van der Waals surface area (Å²) in [5, 5.41) is 10.8. The highest BCUT2D eigenvalue weighted by Gasteiger charge is 2.24. The van der Waals surface area contributed by atoms with Crippen molar-refractivity contribution in [3.8, 4) is 16.8 Å². The van der Waals surface area contributed by atoms with Crippen LogP contribution in [0, 0.1) is 0 Å². The summed E-state index contributed by atoms with van der Waals surface area (Å²) in [6, 6.07) is 64.3. The molecule has 1 aliphatic rings. The smallest absolute Gasteiger partial charge is 0.159 e. The van der Waals surface area contributed by atoms with Gasteiger partial charge in [0.2, 0.25) is 0 Å². The van der Waals surface area contributed by atoms with Gasteiger partial charge < -0.3 is 14.3 Å². The van der Waals surface area contributed by atoms with E-state index in [0.717, 1.165) is 78.1 Å². The van der Waals surface area contributed by atoms with Crippen molar-refractivity contribution < 1.29 is 4.42 Å². The molecule has 0 bridgehead atoms. The Bertz CT molecular complexity index is 3390. The first-order valence-corrected chi connectivity index (χ1v) is 20.0. The average Bonchev–Trinajstić information content (AvgIpc) is 3.96. The molecule has 11 aromatic rings. The fraction of sp³-hybridized carbons (Fsp3) is 0.0196. The maximum Gasteiger partial charge on any atom is 0.159 e. The minimum absolute atomic E-state index is 0.268. The van der Waals surface area contributed by atoms with Crippen LogP contribution in [0.3, 0.4) is 0 Å². The SMILES string of the molecule is c1ccc(C2=NC(c3ccccc3)NC(c3cccc4sc5ccc(-c6ccc7c(c6)oc6c(-n8c9ccccc9c9ccccc98)cccc67)cc5c34)=N2)cc1. The number of aliphatic imine (C=N–C) groups is 2. The Labute approximate surface area is 331 Å². The summed E-state index contributed by atoms with van der Waals surface area (Å²) in [6.45, 7) is 0. The molecule has 268 valence electrons. The number of amidine groups is 2. The lowest BCUT2D eigenvalue weighted by atomic mass is 9.99. The van der Waals surface area contributed by atoms with E-state index in [1.807, 2.05) is 35.6 Å². The van der Waals surface area contributed by atoms with E-state index < -0.39 is 0 Å². The summed E-state index contributed by atoms with van der Waals surface area (Å²) in [7, 11) is 0. The summed E-state index contributed by atoms with van der Waals surface area (Å²) < 4.78 is 11.6. The van der Waals surface area contributed by atoms with Crippen LogP contribution in [0.5, 0.6) is 0 Å². The maximum absolute atomic E-state index is 6.85. The minimum atomic E-state index is -0.268. The molecule has 4 heterocycles. The first kappa shape index (κ1) is 32.0. The van der Waals surface area contributed by atoms with Gasteiger partial charge in [-0.1, -0.05) is 133 Å². The molecule has 8 aromatic carbocycles. The molecule has 0 fully saturated rings. The second-order valence-corrected chi connectivity index (χ2v) is 15.6. The fourth-order valence-electron chi connectivity index (χ4n) is 8.63. The molecule has 0 radical (unpaired) electrons. The van der Waals surface area contributed by atoms with Crippen LogP contribution in [0.4, 0.5) is 0 Å². The molecule has 1 N–H and O–H groups in total. The van der Waals surface area contributed by atoms with Crippen molar-refractivity contribution in [3.63, 3.8) is 0 Å². The van der Waals surface area contributed by atoms with Crippen LogP contribution >= 0.6 is 11.3 Å². The molecule has 57 heavy (non-hydrogen) atoms. The van der Waals surface area contributed by atoms with Crippen molar-refractivity contribution in [2.45, 2.75) is 6.17 Å². The van der Waals surface area contributed by atoms with Crippen LogP contribution in [0.25, 0.3) is 80.7 Å².